The minimum absolute atomic E-state index is 0.0359. The van der Waals surface area contributed by atoms with E-state index in [9.17, 15) is 20.0 Å². The van der Waals surface area contributed by atoms with Crippen molar-refractivity contribution in [1.29, 1.82) is 0 Å². The van der Waals surface area contributed by atoms with E-state index in [1.165, 1.54) is 30.5 Å². The molecule has 0 saturated carbocycles. The van der Waals surface area contributed by atoms with Crippen molar-refractivity contribution in [2.24, 2.45) is 0 Å². The highest BCUT2D eigenvalue weighted by Gasteiger charge is 2.25. The number of carboxylic acids is 1. The minimum Gasteiger partial charge on any atom is -0.478 e. The fraction of sp³-hybridized carbons (Fsp3) is 0.0769. The summed E-state index contributed by atoms with van der Waals surface area (Å²) in [6.07, 6.45) is 1.36. The predicted molar refractivity (Wildman–Crippen MR) is 74.2 cm³/mol. The Morgan fingerprint density at radius 1 is 1.38 bits per heavy atom. The fourth-order valence-electron chi connectivity index (χ4n) is 1.98. The first-order valence-corrected chi connectivity index (χ1v) is 6.10. The van der Waals surface area contributed by atoms with Crippen molar-refractivity contribution in [1.82, 2.24) is 4.98 Å². The van der Waals surface area contributed by atoms with Gasteiger partial charge in [0, 0.05) is 11.8 Å². The molecule has 7 nitrogen and oxygen atoms in total. The number of aromatic carboxylic acids is 1. The molecule has 0 aliphatic carbocycles. The van der Waals surface area contributed by atoms with Crippen LogP contribution in [0.5, 0.6) is 0 Å². The van der Waals surface area contributed by atoms with Crippen LogP contribution in [0.2, 0.25) is 5.02 Å². The number of hydrogen-bond donors (Lipinski definition) is 2. The van der Waals surface area contributed by atoms with E-state index in [1.54, 1.807) is 0 Å². The number of nitro benzene ring substituents is 1. The Kier molecular flexibility index (Phi) is 4.15. The molecule has 0 radical (unpaired) electrons. The molecule has 0 atom stereocenters. The second kappa shape index (κ2) is 5.86. The van der Waals surface area contributed by atoms with Gasteiger partial charge in [0.05, 0.1) is 28.4 Å². The van der Waals surface area contributed by atoms with Crippen LogP contribution in [0.1, 0.15) is 15.9 Å². The first kappa shape index (κ1) is 14.9. The number of hydrogen-bond acceptors (Lipinski definition) is 5. The van der Waals surface area contributed by atoms with E-state index in [4.69, 9.17) is 16.7 Å². The molecule has 2 rings (SSSR count). The van der Waals surface area contributed by atoms with Crippen LogP contribution in [-0.4, -0.2) is 26.1 Å². The molecule has 0 aliphatic heterocycles. The Bertz CT molecular complexity index is 732. The smallest absolute Gasteiger partial charge is 0.337 e. The SMILES string of the molecule is O=C(O)c1cccnc1-c1ccc(Cl)c([N+](=O)[O-])c1CO. The predicted octanol–water partition coefficient (Wildman–Crippen LogP) is 2.50. The summed E-state index contributed by atoms with van der Waals surface area (Å²) in [5.41, 5.74) is -0.461. The van der Waals surface area contributed by atoms with Gasteiger partial charge in [-0.2, -0.15) is 0 Å². The van der Waals surface area contributed by atoms with Gasteiger partial charge in [0.15, 0.2) is 0 Å². The van der Waals surface area contributed by atoms with Gasteiger partial charge in [0.2, 0.25) is 0 Å². The zero-order valence-electron chi connectivity index (χ0n) is 10.5. The number of rotatable bonds is 4. The number of carbonyl (C=O) groups is 1. The molecule has 0 unspecified atom stereocenters. The minimum atomic E-state index is -1.22. The zero-order valence-corrected chi connectivity index (χ0v) is 11.2. The largest absolute Gasteiger partial charge is 0.478 e. The molecule has 0 amide bonds. The molecular weight excluding hydrogens is 300 g/mol. The van der Waals surface area contributed by atoms with Crippen molar-refractivity contribution >= 4 is 23.3 Å². The van der Waals surface area contributed by atoms with Gasteiger partial charge in [-0.1, -0.05) is 17.7 Å². The quantitative estimate of drug-likeness (QED) is 0.662. The molecule has 1 aromatic heterocycles. The zero-order chi connectivity index (χ0) is 15.6. The lowest BCUT2D eigenvalue weighted by molar-refractivity contribution is -0.385. The maximum Gasteiger partial charge on any atom is 0.337 e. The Balaban J connectivity index is 2.80. The van der Waals surface area contributed by atoms with Crippen LogP contribution in [0.25, 0.3) is 11.3 Å². The molecular formula is C13H9ClN2O5. The maximum absolute atomic E-state index is 11.2. The van der Waals surface area contributed by atoms with E-state index in [0.29, 0.717) is 0 Å². The van der Waals surface area contributed by atoms with Crippen LogP contribution in [0, 0.1) is 10.1 Å². The normalized spacial score (nSPS) is 10.4. The van der Waals surface area contributed by atoms with Gasteiger partial charge in [-0.3, -0.25) is 15.1 Å². The maximum atomic E-state index is 11.2. The molecule has 0 fully saturated rings. The van der Waals surface area contributed by atoms with Gasteiger partial charge in [0.25, 0.3) is 5.69 Å². The molecule has 2 N–H and O–H groups in total. The Morgan fingerprint density at radius 2 is 2.10 bits per heavy atom. The van der Waals surface area contributed by atoms with E-state index >= 15 is 0 Å². The van der Waals surface area contributed by atoms with Gasteiger partial charge < -0.3 is 10.2 Å². The van der Waals surface area contributed by atoms with Crippen LogP contribution in [0.3, 0.4) is 0 Å². The van der Waals surface area contributed by atoms with Crippen molar-refractivity contribution in [3.8, 4) is 11.3 Å². The van der Waals surface area contributed by atoms with Gasteiger partial charge in [0.1, 0.15) is 5.02 Å². The second-order valence-corrected chi connectivity index (χ2v) is 4.45. The number of nitro groups is 1. The third-order valence-corrected chi connectivity index (χ3v) is 3.17. The van der Waals surface area contributed by atoms with Crippen LogP contribution in [-0.2, 0) is 6.61 Å². The molecule has 0 bridgehead atoms. The highest BCUT2D eigenvalue weighted by Crippen LogP contribution is 2.36. The second-order valence-electron chi connectivity index (χ2n) is 4.04. The Hall–Kier alpha value is -2.51. The number of aromatic nitrogens is 1. The average molecular weight is 309 g/mol. The van der Waals surface area contributed by atoms with Crippen LogP contribution in [0.15, 0.2) is 30.5 Å². The molecule has 8 heteroatoms. The summed E-state index contributed by atoms with van der Waals surface area (Å²) < 4.78 is 0. The molecule has 2 aromatic rings. The number of aliphatic hydroxyl groups excluding tert-OH is 1. The number of carboxylic acid groups (broad SMARTS) is 1. The highest BCUT2D eigenvalue weighted by atomic mass is 35.5. The number of halogens is 1. The van der Waals surface area contributed by atoms with E-state index in [-0.39, 0.29) is 27.4 Å². The van der Waals surface area contributed by atoms with Crippen molar-refractivity contribution in [2.45, 2.75) is 6.61 Å². The molecule has 0 saturated heterocycles. The Morgan fingerprint density at radius 3 is 2.67 bits per heavy atom. The van der Waals surface area contributed by atoms with Crippen molar-refractivity contribution in [2.75, 3.05) is 0 Å². The lowest BCUT2D eigenvalue weighted by Gasteiger charge is -2.10. The molecule has 0 aliphatic rings. The van der Waals surface area contributed by atoms with Gasteiger partial charge in [-0.25, -0.2) is 4.79 Å². The first-order valence-electron chi connectivity index (χ1n) is 5.72. The van der Waals surface area contributed by atoms with E-state index < -0.39 is 23.2 Å². The lowest BCUT2D eigenvalue weighted by Crippen LogP contribution is -2.05. The monoisotopic (exact) mass is 308 g/mol. The standard InChI is InChI=1S/C13H9ClN2O5/c14-10-4-3-7(9(6-17)12(10)16(20)21)11-8(13(18)19)2-1-5-15-11/h1-5,17H,6H2,(H,18,19). The molecule has 1 aromatic carbocycles. The number of nitrogens with zero attached hydrogens (tertiary/aromatic N) is 2. The third kappa shape index (κ3) is 2.69. The topological polar surface area (TPSA) is 114 Å². The summed E-state index contributed by atoms with van der Waals surface area (Å²) in [7, 11) is 0. The summed E-state index contributed by atoms with van der Waals surface area (Å²) in [6, 6.07) is 5.44. The summed E-state index contributed by atoms with van der Waals surface area (Å²) in [6.45, 7) is -0.665. The highest BCUT2D eigenvalue weighted by molar-refractivity contribution is 6.33. The summed E-state index contributed by atoms with van der Waals surface area (Å²) >= 11 is 5.78. The van der Waals surface area contributed by atoms with Crippen LogP contribution >= 0.6 is 11.6 Å². The average Bonchev–Trinajstić information content (AvgIpc) is 2.46. The first-order chi connectivity index (χ1) is 9.97. The molecule has 108 valence electrons. The summed E-state index contributed by atoms with van der Waals surface area (Å²) in [5, 5.41) is 29.5. The lowest BCUT2D eigenvalue weighted by atomic mass is 9.99. The number of pyridine rings is 1. The van der Waals surface area contributed by atoms with E-state index in [2.05, 4.69) is 4.98 Å². The van der Waals surface area contributed by atoms with Crippen LogP contribution < -0.4 is 0 Å². The summed E-state index contributed by atoms with van der Waals surface area (Å²) in [4.78, 5) is 25.5. The van der Waals surface area contributed by atoms with Crippen LogP contribution in [0.4, 0.5) is 5.69 Å². The van der Waals surface area contributed by atoms with Gasteiger partial charge >= 0.3 is 5.97 Å². The van der Waals surface area contributed by atoms with Crippen molar-refractivity contribution in [3.63, 3.8) is 0 Å². The van der Waals surface area contributed by atoms with Gasteiger partial charge in [-0.05, 0) is 18.2 Å². The van der Waals surface area contributed by atoms with Crippen molar-refractivity contribution in [3.05, 3.63) is 56.7 Å². The van der Waals surface area contributed by atoms with E-state index in [1.807, 2.05) is 0 Å². The fourth-order valence-corrected chi connectivity index (χ4v) is 2.23. The molecule has 21 heavy (non-hydrogen) atoms. The van der Waals surface area contributed by atoms with Crippen molar-refractivity contribution < 1.29 is 19.9 Å². The van der Waals surface area contributed by atoms with Gasteiger partial charge in [-0.15, -0.1) is 0 Å². The van der Waals surface area contributed by atoms with E-state index in [0.717, 1.165) is 0 Å². The molecule has 1 heterocycles. The number of benzene rings is 1. The third-order valence-electron chi connectivity index (χ3n) is 2.87. The molecule has 0 spiro atoms. The summed E-state index contributed by atoms with van der Waals surface area (Å²) in [5.74, 6) is -1.22. The Labute approximate surface area is 123 Å². The number of aliphatic hydroxyl groups is 1.